The Bertz CT molecular complexity index is 422. The zero-order valence-electron chi connectivity index (χ0n) is 11.2. The Kier molecular flexibility index (Phi) is 4.52. The van der Waals surface area contributed by atoms with E-state index < -0.39 is 0 Å². The molecule has 0 radical (unpaired) electrons. The zero-order chi connectivity index (χ0) is 13.1. The van der Waals surface area contributed by atoms with Crippen LogP contribution in [0.25, 0.3) is 6.08 Å². The van der Waals surface area contributed by atoms with E-state index in [-0.39, 0.29) is 11.4 Å². The van der Waals surface area contributed by atoms with Crippen molar-refractivity contribution in [2.75, 3.05) is 6.61 Å². The molecular weight excluding hydrogens is 232 g/mol. The first-order valence-corrected chi connectivity index (χ1v) is 6.62. The molecule has 0 N–H and O–H groups in total. The Morgan fingerprint density at radius 3 is 2.53 bits per heavy atom. The monoisotopic (exact) mass is 252 g/mol. The molecule has 0 unspecified atom stereocenters. The number of carbonyl (C=O) groups excluding carboxylic acids is 1. The van der Waals surface area contributed by atoms with Crippen molar-refractivity contribution in [1.29, 1.82) is 0 Å². The van der Waals surface area contributed by atoms with E-state index in [1.54, 1.807) is 18.3 Å². The van der Waals surface area contributed by atoms with Crippen LogP contribution >= 0.6 is 11.3 Å². The van der Waals surface area contributed by atoms with Gasteiger partial charge in [-0.25, -0.2) is 4.79 Å². The molecule has 2 nitrogen and oxygen atoms in total. The van der Waals surface area contributed by atoms with E-state index in [1.807, 2.05) is 19.1 Å². The van der Waals surface area contributed by atoms with Crippen LogP contribution in [0.15, 0.2) is 17.7 Å². The molecule has 0 bridgehead atoms. The molecule has 0 atom stereocenters. The van der Waals surface area contributed by atoms with Crippen molar-refractivity contribution in [2.45, 2.75) is 40.0 Å². The fourth-order valence-electron chi connectivity index (χ4n) is 1.35. The lowest BCUT2D eigenvalue weighted by molar-refractivity contribution is -0.138. The van der Waals surface area contributed by atoms with Crippen molar-refractivity contribution < 1.29 is 9.53 Å². The number of rotatable bonds is 3. The predicted molar refractivity (Wildman–Crippen MR) is 73.3 cm³/mol. The highest BCUT2D eigenvalue weighted by atomic mass is 32.1. The molecule has 1 aromatic rings. The second kappa shape index (κ2) is 5.50. The fraction of sp³-hybridized carbons (Fsp3) is 0.500. The van der Waals surface area contributed by atoms with Crippen LogP contribution in [0.2, 0.25) is 0 Å². The van der Waals surface area contributed by atoms with E-state index >= 15 is 0 Å². The average Bonchev–Trinajstić information content (AvgIpc) is 2.66. The maximum Gasteiger partial charge on any atom is 0.333 e. The molecule has 0 aliphatic carbocycles. The van der Waals surface area contributed by atoms with E-state index in [2.05, 4.69) is 26.8 Å². The smallest absolute Gasteiger partial charge is 0.333 e. The molecule has 0 fully saturated rings. The molecule has 0 aromatic carbocycles. The van der Waals surface area contributed by atoms with Gasteiger partial charge in [0.25, 0.3) is 0 Å². The average molecular weight is 252 g/mol. The van der Waals surface area contributed by atoms with Gasteiger partial charge in [0.1, 0.15) is 0 Å². The number of hydrogen-bond acceptors (Lipinski definition) is 3. The second-order valence-corrected chi connectivity index (χ2v) is 6.12. The summed E-state index contributed by atoms with van der Waals surface area (Å²) >= 11 is 1.72. The fourth-order valence-corrected chi connectivity index (χ4v) is 2.42. The molecule has 0 aliphatic rings. The summed E-state index contributed by atoms with van der Waals surface area (Å²) in [5, 5.41) is 0. The molecule has 0 amide bonds. The van der Waals surface area contributed by atoms with Gasteiger partial charge in [-0.15, -0.1) is 11.3 Å². The van der Waals surface area contributed by atoms with Crippen molar-refractivity contribution in [3.05, 3.63) is 27.5 Å². The van der Waals surface area contributed by atoms with Crippen molar-refractivity contribution >= 4 is 23.4 Å². The van der Waals surface area contributed by atoms with Gasteiger partial charge in [-0.3, -0.25) is 0 Å². The summed E-state index contributed by atoms with van der Waals surface area (Å²) in [4.78, 5) is 13.9. The lowest BCUT2D eigenvalue weighted by Gasteiger charge is -2.15. The molecule has 1 heterocycles. The molecule has 1 rings (SSSR count). The summed E-state index contributed by atoms with van der Waals surface area (Å²) in [6.07, 6.45) is 1.89. The van der Waals surface area contributed by atoms with Crippen molar-refractivity contribution in [3.63, 3.8) is 0 Å². The van der Waals surface area contributed by atoms with Gasteiger partial charge in [0.2, 0.25) is 0 Å². The van der Waals surface area contributed by atoms with Crippen LogP contribution in [0.1, 0.15) is 44.4 Å². The first kappa shape index (κ1) is 14.0. The largest absolute Gasteiger partial charge is 0.463 e. The van der Waals surface area contributed by atoms with Crippen LogP contribution in [0.3, 0.4) is 0 Å². The third-order valence-electron chi connectivity index (χ3n) is 2.32. The number of thiophene rings is 1. The van der Waals surface area contributed by atoms with Gasteiger partial charge in [0.05, 0.1) is 6.61 Å². The van der Waals surface area contributed by atoms with E-state index in [9.17, 15) is 4.79 Å². The van der Waals surface area contributed by atoms with E-state index in [1.165, 1.54) is 4.88 Å². The molecule has 3 heteroatoms. The third-order valence-corrected chi connectivity index (χ3v) is 3.78. The van der Waals surface area contributed by atoms with Crippen molar-refractivity contribution in [1.82, 2.24) is 0 Å². The molecule has 0 saturated carbocycles. The Morgan fingerprint density at radius 2 is 2.06 bits per heavy atom. The summed E-state index contributed by atoms with van der Waals surface area (Å²) in [6.45, 7) is 10.6. The zero-order valence-corrected chi connectivity index (χ0v) is 12.0. The topological polar surface area (TPSA) is 26.3 Å². The Morgan fingerprint density at radius 1 is 1.41 bits per heavy atom. The first-order valence-electron chi connectivity index (χ1n) is 5.80. The lowest BCUT2D eigenvalue weighted by Crippen LogP contribution is -2.07. The number of hydrogen-bond donors (Lipinski definition) is 0. The standard InChI is InChI=1S/C14H20O2S/c1-6-16-13(15)10(2)9-11-7-8-12(17-11)14(3,4)5/h7-9H,6H2,1-5H3/b10-9+. The van der Waals surface area contributed by atoms with Crippen molar-refractivity contribution in [2.24, 2.45) is 0 Å². The lowest BCUT2D eigenvalue weighted by atomic mass is 9.95. The Hall–Kier alpha value is -1.09. The third kappa shape index (κ3) is 4.00. The maximum absolute atomic E-state index is 11.5. The van der Waals surface area contributed by atoms with Crippen LogP contribution in [0.5, 0.6) is 0 Å². The van der Waals surface area contributed by atoms with Gasteiger partial charge in [-0.1, -0.05) is 20.8 Å². The highest BCUT2D eigenvalue weighted by molar-refractivity contribution is 7.13. The summed E-state index contributed by atoms with van der Waals surface area (Å²) < 4.78 is 4.95. The van der Waals surface area contributed by atoms with Gasteiger partial charge in [0, 0.05) is 15.3 Å². The number of carbonyl (C=O) groups is 1. The summed E-state index contributed by atoms with van der Waals surface area (Å²) in [6, 6.07) is 4.17. The molecule has 0 spiro atoms. The van der Waals surface area contributed by atoms with Crippen LogP contribution < -0.4 is 0 Å². The van der Waals surface area contributed by atoms with Crippen LogP contribution in [0, 0.1) is 0 Å². The van der Waals surface area contributed by atoms with Gasteiger partial charge in [-0.05, 0) is 37.5 Å². The van der Waals surface area contributed by atoms with Gasteiger partial charge < -0.3 is 4.74 Å². The highest BCUT2D eigenvalue weighted by Gasteiger charge is 2.15. The molecule has 0 aliphatic heterocycles. The minimum Gasteiger partial charge on any atom is -0.463 e. The van der Waals surface area contributed by atoms with E-state index in [4.69, 9.17) is 4.74 Å². The van der Waals surface area contributed by atoms with E-state index in [0.717, 1.165) is 4.88 Å². The van der Waals surface area contributed by atoms with Gasteiger partial charge in [0.15, 0.2) is 0 Å². The molecular formula is C14H20O2S. The van der Waals surface area contributed by atoms with Crippen LogP contribution in [0.4, 0.5) is 0 Å². The summed E-state index contributed by atoms with van der Waals surface area (Å²) in [5.41, 5.74) is 0.809. The quantitative estimate of drug-likeness (QED) is 0.600. The summed E-state index contributed by atoms with van der Waals surface area (Å²) in [7, 11) is 0. The van der Waals surface area contributed by atoms with E-state index in [0.29, 0.717) is 12.2 Å². The minimum atomic E-state index is -0.238. The predicted octanol–water partition coefficient (Wildman–Crippen LogP) is 4.01. The molecule has 94 valence electrons. The first-order chi connectivity index (χ1) is 7.84. The normalized spacial score (nSPS) is 12.6. The number of ether oxygens (including phenoxy) is 1. The molecule has 17 heavy (non-hydrogen) atoms. The Labute approximate surface area is 107 Å². The van der Waals surface area contributed by atoms with Gasteiger partial charge >= 0.3 is 5.97 Å². The SMILES string of the molecule is CCOC(=O)/C(C)=C/c1ccc(C(C)(C)C)s1. The minimum absolute atomic E-state index is 0.161. The Balaban J connectivity index is 2.85. The van der Waals surface area contributed by atoms with Gasteiger partial charge in [-0.2, -0.15) is 0 Å². The highest BCUT2D eigenvalue weighted by Crippen LogP contribution is 2.30. The van der Waals surface area contributed by atoms with Crippen molar-refractivity contribution in [3.8, 4) is 0 Å². The molecule has 1 aromatic heterocycles. The molecule has 0 saturated heterocycles. The second-order valence-electron chi connectivity index (χ2n) is 5.00. The van der Waals surface area contributed by atoms with Crippen LogP contribution in [-0.4, -0.2) is 12.6 Å². The summed E-state index contributed by atoms with van der Waals surface area (Å²) in [5.74, 6) is -0.238. The van der Waals surface area contributed by atoms with Crippen LogP contribution in [-0.2, 0) is 14.9 Å². The number of esters is 1. The maximum atomic E-state index is 11.5.